The Kier molecular flexibility index (Phi) is 7.63. The second-order valence-corrected chi connectivity index (χ2v) is 4.57. The van der Waals surface area contributed by atoms with E-state index in [1.165, 1.54) is 12.7 Å². The first-order chi connectivity index (χ1) is 8.79. The number of nitrogens with two attached hydrogens (primary N) is 1. The van der Waals surface area contributed by atoms with Gasteiger partial charge in [-0.2, -0.15) is 0 Å². The predicted octanol–water partition coefficient (Wildman–Crippen LogP) is 2.14. The van der Waals surface area contributed by atoms with Crippen LogP contribution in [0.15, 0.2) is 10.8 Å². The number of ether oxygens (including phenoxy) is 1. The summed E-state index contributed by atoms with van der Waals surface area (Å²) in [4.78, 5) is 8.11. The average Bonchev–Trinajstić information content (AvgIpc) is 2.39. The number of rotatable bonds is 9. The molecular weight excluding hydrogens is 298 g/mol. The number of aromatic nitrogens is 2. The van der Waals surface area contributed by atoms with Crippen molar-refractivity contribution in [3.05, 3.63) is 10.8 Å². The van der Waals surface area contributed by atoms with E-state index in [0.29, 0.717) is 5.82 Å². The summed E-state index contributed by atoms with van der Waals surface area (Å²) in [6.07, 6.45) is 4.68. The third-order valence-electron chi connectivity index (χ3n) is 2.33. The van der Waals surface area contributed by atoms with Crippen molar-refractivity contribution in [2.24, 2.45) is 5.84 Å². The van der Waals surface area contributed by atoms with Crippen molar-refractivity contribution in [1.29, 1.82) is 0 Å². The highest BCUT2D eigenvalue weighted by Crippen LogP contribution is 2.25. The molecule has 0 aliphatic heterocycles. The van der Waals surface area contributed by atoms with Crippen LogP contribution in [-0.2, 0) is 4.74 Å². The van der Waals surface area contributed by atoms with Gasteiger partial charge in [0.25, 0.3) is 0 Å². The molecular formula is C11H20BrN5O. The maximum Gasteiger partial charge on any atom is 0.159 e. The van der Waals surface area contributed by atoms with E-state index in [0.717, 1.165) is 42.9 Å². The molecule has 0 atom stereocenters. The lowest BCUT2D eigenvalue weighted by Crippen LogP contribution is -2.12. The van der Waals surface area contributed by atoms with Crippen molar-refractivity contribution in [2.45, 2.75) is 26.2 Å². The zero-order valence-corrected chi connectivity index (χ0v) is 12.2. The summed E-state index contributed by atoms with van der Waals surface area (Å²) in [5.74, 6) is 6.61. The molecule has 1 rings (SSSR count). The average molecular weight is 318 g/mol. The van der Waals surface area contributed by atoms with E-state index in [1.807, 2.05) is 0 Å². The maximum absolute atomic E-state index is 5.47. The molecule has 0 saturated heterocycles. The minimum atomic E-state index is 0.562. The number of hydrazine groups is 1. The van der Waals surface area contributed by atoms with E-state index >= 15 is 0 Å². The first-order valence-corrected chi connectivity index (χ1v) is 6.87. The predicted molar refractivity (Wildman–Crippen MR) is 76.4 cm³/mol. The summed E-state index contributed by atoms with van der Waals surface area (Å²) in [6.45, 7) is 4.55. The van der Waals surface area contributed by atoms with Gasteiger partial charge in [0.2, 0.25) is 0 Å². The van der Waals surface area contributed by atoms with E-state index in [-0.39, 0.29) is 0 Å². The van der Waals surface area contributed by atoms with Crippen molar-refractivity contribution in [2.75, 3.05) is 30.5 Å². The number of nitrogens with one attached hydrogen (secondary N) is 2. The molecule has 18 heavy (non-hydrogen) atoms. The van der Waals surface area contributed by atoms with Crippen molar-refractivity contribution in [3.8, 4) is 0 Å². The van der Waals surface area contributed by atoms with E-state index in [4.69, 9.17) is 10.6 Å². The Labute approximate surface area is 116 Å². The summed E-state index contributed by atoms with van der Waals surface area (Å²) in [6, 6.07) is 0. The molecule has 1 heterocycles. The van der Waals surface area contributed by atoms with Gasteiger partial charge < -0.3 is 15.5 Å². The highest BCUT2D eigenvalue weighted by Gasteiger charge is 2.06. The molecule has 7 heteroatoms. The summed E-state index contributed by atoms with van der Waals surface area (Å²) in [7, 11) is 0. The van der Waals surface area contributed by atoms with Gasteiger partial charge >= 0.3 is 0 Å². The molecule has 0 aromatic carbocycles. The van der Waals surface area contributed by atoms with Crippen LogP contribution in [-0.4, -0.2) is 29.7 Å². The van der Waals surface area contributed by atoms with Crippen molar-refractivity contribution >= 4 is 27.6 Å². The normalized spacial score (nSPS) is 10.4. The number of halogens is 1. The Hall–Kier alpha value is -0.920. The molecule has 0 saturated carbocycles. The summed E-state index contributed by atoms with van der Waals surface area (Å²) >= 11 is 3.38. The molecule has 102 valence electrons. The van der Waals surface area contributed by atoms with Crippen LogP contribution in [0.25, 0.3) is 0 Å². The van der Waals surface area contributed by atoms with Crippen LogP contribution in [0.2, 0.25) is 0 Å². The number of hydrogen-bond acceptors (Lipinski definition) is 6. The molecule has 6 nitrogen and oxygen atoms in total. The fourth-order valence-corrected chi connectivity index (χ4v) is 1.78. The van der Waals surface area contributed by atoms with E-state index in [1.54, 1.807) is 0 Å². The van der Waals surface area contributed by atoms with Gasteiger partial charge in [0.1, 0.15) is 16.6 Å². The topological polar surface area (TPSA) is 85.1 Å². The van der Waals surface area contributed by atoms with Gasteiger partial charge in [0.05, 0.1) is 0 Å². The number of nitrogens with zero attached hydrogens (tertiary/aromatic N) is 2. The summed E-state index contributed by atoms with van der Waals surface area (Å²) in [5.41, 5.74) is 2.50. The minimum absolute atomic E-state index is 0.562. The summed E-state index contributed by atoms with van der Waals surface area (Å²) in [5, 5.41) is 3.21. The fourth-order valence-electron chi connectivity index (χ4n) is 1.32. The van der Waals surface area contributed by atoms with E-state index in [9.17, 15) is 0 Å². The second kappa shape index (κ2) is 9.07. The van der Waals surface area contributed by atoms with Crippen LogP contribution in [0.5, 0.6) is 0 Å². The first-order valence-electron chi connectivity index (χ1n) is 6.08. The Bertz CT molecular complexity index is 350. The van der Waals surface area contributed by atoms with Crippen LogP contribution in [0.3, 0.4) is 0 Å². The van der Waals surface area contributed by atoms with Gasteiger partial charge in [0.15, 0.2) is 5.82 Å². The SMILES string of the molecule is CCCCOCCCNc1ncnc(NN)c1Br. The molecule has 0 radical (unpaired) electrons. The van der Waals surface area contributed by atoms with Crippen LogP contribution in [0.4, 0.5) is 11.6 Å². The standard InChI is InChI=1S/C11H20BrN5O/c1-2-3-6-18-7-4-5-14-10-9(12)11(17-13)16-8-15-10/h8H,2-7,13H2,1H3,(H2,14,15,16,17). The monoisotopic (exact) mass is 317 g/mol. The van der Waals surface area contributed by atoms with Crippen LogP contribution in [0.1, 0.15) is 26.2 Å². The lowest BCUT2D eigenvalue weighted by atomic mass is 10.3. The smallest absolute Gasteiger partial charge is 0.159 e. The first kappa shape index (κ1) is 15.1. The molecule has 0 aliphatic carbocycles. The molecule has 0 amide bonds. The third kappa shape index (κ3) is 5.16. The Morgan fingerprint density at radius 2 is 2.00 bits per heavy atom. The quantitative estimate of drug-likeness (QED) is 0.367. The molecule has 0 bridgehead atoms. The van der Waals surface area contributed by atoms with Gasteiger partial charge in [0, 0.05) is 19.8 Å². The van der Waals surface area contributed by atoms with Gasteiger partial charge in [-0.3, -0.25) is 0 Å². The highest BCUT2D eigenvalue weighted by molar-refractivity contribution is 9.10. The van der Waals surface area contributed by atoms with E-state index in [2.05, 4.69) is 43.6 Å². The van der Waals surface area contributed by atoms with Gasteiger partial charge in [-0.1, -0.05) is 13.3 Å². The zero-order valence-electron chi connectivity index (χ0n) is 10.6. The second-order valence-electron chi connectivity index (χ2n) is 3.78. The molecule has 0 unspecified atom stereocenters. The third-order valence-corrected chi connectivity index (χ3v) is 3.08. The van der Waals surface area contributed by atoms with Crippen LogP contribution < -0.4 is 16.6 Å². The minimum Gasteiger partial charge on any atom is -0.381 e. The highest BCUT2D eigenvalue weighted by atomic mass is 79.9. The lowest BCUT2D eigenvalue weighted by Gasteiger charge is -2.09. The number of nitrogen functional groups attached to an aromatic ring is 1. The number of hydrogen-bond donors (Lipinski definition) is 3. The maximum atomic E-state index is 5.47. The Morgan fingerprint density at radius 1 is 1.28 bits per heavy atom. The zero-order chi connectivity index (χ0) is 13.2. The molecule has 1 aromatic rings. The molecule has 4 N–H and O–H groups in total. The van der Waals surface area contributed by atoms with Gasteiger partial charge in [-0.15, -0.1) is 0 Å². The van der Waals surface area contributed by atoms with E-state index < -0.39 is 0 Å². The number of unbranched alkanes of at least 4 members (excludes halogenated alkanes) is 1. The Balaban J connectivity index is 2.23. The molecule has 0 spiro atoms. The molecule has 0 fully saturated rings. The number of anilines is 2. The Morgan fingerprint density at radius 3 is 2.72 bits per heavy atom. The largest absolute Gasteiger partial charge is 0.381 e. The van der Waals surface area contributed by atoms with Crippen molar-refractivity contribution in [1.82, 2.24) is 9.97 Å². The molecule has 0 aliphatic rings. The van der Waals surface area contributed by atoms with Gasteiger partial charge in [-0.05, 0) is 28.8 Å². The van der Waals surface area contributed by atoms with Crippen molar-refractivity contribution < 1.29 is 4.74 Å². The molecule has 1 aromatic heterocycles. The summed E-state index contributed by atoms with van der Waals surface area (Å²) < 4.78 is 6.21. The van der Waals surface area contributed by atoms with Crippen molar-refractivity contribution in [3.63, 3.8) is 0 Å². The van der Waals surface area contributed by atoms with Crippen LogP contribution >= 0.6 is 15.9 Å². The fraction of sp³-hybridized carbons (Fsp3) is 0.636. The van der Waals surface area contributed by atoms with Crippen LogP contribution in [0, 0.1) is 0 Å². The lowest BCUT2D eigenvalue weighted by molar-refractivity contribution is 0.131. The van der Waals surface area contributed by atoms with Gasteiger partial charge in [-0.25, -0.2) is 15.8 Å².